The van der Waals surface area contributed by atoms with Crippen LogP contribution in [-0.2, 0) is 22.4 Å². The van der Waals surface area contributed by atoms with E-state index in [0.717, 1.165) is 19.3 Å². The van der Waals surface area contributed by atoms with Crippen LogP contribution in [0, 0.1) is 5.92 Å². The van der Waals surface area contributed by atoms with E-state index in [4.69, 9.17) is 9.84 Å². The van der Waals surface area contributed by atoms with Crippen molar-refractivity contribution in [3.05, 3.63) is 59.7 Å². The van der Waals surface area contributed by atoms with Gasteiger partial charge in [-0.05, 0) is 60.6 Å². The van der Waals surface area contributed by atoms with Gasteiger partial charge < -0.3 is 15.2 Å². The van der Waals surface area contributed by atoms with E-state index in [0.29, 0.717) is 23.8 Å². The zero-order valence-electron chi connectivity index (χ0n) is 13.9. The van der Waals surface area contributed by atoms with Crippen LogP contribution >= 0.6 is 0 Å². The van der Waals surface area contributed by atoms with E-state index in [2.05, 4.69) is 29.6 Å². The number of nitrogens with one attached hydrogen (secondary N) is 1. The van der Waals surface area contributed by atoms with Crippen LogP contribution < -0.4 is 10.1 Å². The Bertz CT molecular complexity index is 755. The highest BCUT2D eigenvalue weighted by atomic mass is 16.5. The molecular formula is C20H21NO4. The molecule has 2 N–H and O–H groups in total. The van der Waals surface area contributed by atoms with E-state index in [1.165, 1.54) is 11.1 Å². The number of carbonyl (C=O) groups excluding carboxylic acids is 1. The monoisotopic (exact) mass is 339 g/mol. The lowest BCUT2D eigenvalue weighted by Crippen LogP contribution is -2.21. The number of fused-ring (bicyclic) bond motifs is 1. The molecule has 0 aromatic heterocycles. The average molecular weight is 339 g/mol. The maximum atomic E-state index is 12.3. The Morgan fingerprint density at radius 3 is 2.52 bits per heavy atom. The van der Waals surface area contributed by atoms with Gasteiger partial charge in [-0.1, -0.05) is 24.3 Å². The summed E-state index contributed by atoms with van der Waals surface area (Å²) in [6.45, 7) is -0.380. The van der Waals surface area contributed by atoms with Gasteiger partial charge in [0, 0.05) is 12.1 Å². The van der Waals surface area contributed by atoms with Crippen molar-refractivity contribution in [3.63, 3.8) is 0 Å². The van der Waals surface area contributed by atoms with Crippen LogP contribution in [0.15, 0.2) is 48.5 Å². The molecule has 0 saturated heterocycles. The predicted molar refractivity (Wildman–Crippen MR) is 94.8 cm³/mol. The number of amides is 1. The fourth-order valence-corrected chi connectivity index (χ4v) is 3.20. The van der Waals surface area contributed by atoms with Crippen molar-refractivity contribution in [2.75, 3.05) is 11.9 Å². The molecule has 3 rings (SSSR count). The van der Waals surface area contributed by atoms with Crippen molar-refractivity contribution in [3.8, 4) is 5.75 Å². The van der Waals surface area contributed by atoms with Crippen LogP contribution in [0.3, 0.4) is 0 Å². The van der Waals surface area contributed by atoms with E-state index in [9.17, 15) is 9.59 Å². The summed E-state index contributed by atoms with van der Waals surface area (Å²) in [4.78, 5) is 22.7. The summed E-state index contributed by atoms with van der Waals surface area (Å²) in [5, 5.41) is 11.5. The minimum absolute atomic E-state index is 0.00332. The number of rotatable bonds is 6. The fourth-order valence-electron chi connectivity index (χ4n) is 3.20. The van der Waals surface area contributed by atoms with Crippen LogP contribution in [0.2, 0.25) is 0 Å². The van der Waals surface area contributed by atoms with E-state index in [1.807, 2.05) is 0 Å². The highest BCUT2D eigenvalue weighted by molar-refractivity contribution is 5.90. The summed E-state index contributed by atoms with van der Waals surface area (Å²) in [6.07, 6.45) is 3.52. The number of ether oxygens (including phenoxy) is 1. The first kappa shape index (κ1) is 17.0. The van der Waals surface area contributed by atoms with Gasteiger partial charge >= 0.3 is 5.97 Å². The molecule has 25 heavy (non-hydrogen) atoms. The van der Waals surface area contributed by atoms with Crippen LogP contribution in [0.5, 0.6) is 5.75 Å². The molecule has 1 unspecified atom stereocenters. The Hall–Kier alpha value is -2.82. The largest absolute Gasteiger partial charge is 0.482 e. The van der Waals surface area contributed by atoms with Crippen molar-refractivity contribution >= 4 is 17.6 Å². The number of hydrogen-bond donors (Lipinski definition) is 2. The third-order valence-electron chi connectivity index (χ3n) is 4.42. The number of carbonyl (C=O) groups is 2. The highest BCUT2D eigenvalue weighted by Gasteiger charge is 2.20. The number of benzene rings is 2. The van der Waals surface area contributed by atoms with Gasteiger partial charge in [-0.2, -0.15) is 0 Å². The lowest BCUT2D eigenvalue weighted by molar-refractivity contribution is -0.139. The molecule has 2 aromatic rings. The topological polar surface area (TPSA) is 75.6 Å². The summed E-state index contributed by atoms with van der Waals surface area (Å²) in [5.74, 6) is -0.188. The minimum atomic E-state index is -1.02. The quantitative estimate of drug-likeness (QED) is 0.847. The minimum Gasteiger partial charge on any atom is -0.482 e. The molecule has 0 saturated carbocycles. The van der Waals surface area contributed by atoms with Crippen LogP contribution in [0.25, 0.3) is 0 Å². The molecule has 0 aliphatic heterocycles. The van der Waals surface area contributed by atoms with Gasteiger partial charge in [0.2, 0.25) is 5.91 Å². The molecule has 0 spiro atoms. The summed E-state index contributed by atoms with van der Waals surface area (Å²) in [7, 11) is 0. The van der Waals surface area contributed by atoms with Crippen molar-refractivity contribution < 1.29 is 19.4 Å². The predicted octanol–water partition coefficient (Wildman–Crippen LogP) is 3.28. The first-order valence-electron chi connectivity index (χ1n) is 8.41. The summed E-state index contributed by atoms with van der Waals surface area (Å²) in [5.41, 5.74) is 3.44. The van der Waals surface area contributed by atoms with Crippen LogP contribution in [0.4, 0.5) is 5.69 Å². The number of aryl methyl sites for hydroxylation is 1. The highest BCUT2D eigenvalue weighted by Crippen LogP contribution is 2.27. The lowest BCUT2D eigenvalue weighted by atomic mass is 9.82. The SMILES string of the molecule is O=C(O)COc1ccc(NC(=O)CC2CCc3ccccc3C2)cc1. The van der Waals surface area contributed by atoms with Gasteiger partial charge in [0.15, 0.2) is 6.61 Å². The van der Waals surface area contributed by atoms with E-state index in [1.54, 1.807) is 24.3 Å². The van der Waals surface area contributed by atoms with Gasteiger partial charge in [-0.15, -0.1) is 0 Å². The third-order valence-corrected chi connectivity index (χ3v) is 4.42. The average Bonchev–Trinajstić information content (AvgIpc) is 2.61. The third kappa shape index (κ3) is 4.83. The van der Waals surface area contributed by atoms with Crippen molar-refractivity contribution in [2.45, 2.75) is 25.7 Å². The molecule has 1 aliphatic rings. The first-order valence-corrected chi connectivity index (χ1v) is 8.41. The Labute approximate surface area is 146 Å². The smallest absolute Gasteiger partial charge is 0.341 e. The molecule has 5 heteroatoms. The zero-order chi connectivity index (χ0) is 17.6. The molecule has 0 bridgehead atoms. The van der Waals surface area contributed by atoms with Gasteiger partial charge in [0.1, 0.15) is 5.75 Å². The second-order valence-electron chi connectivity index (χ2n) is 6.34. The molecule has 0 fully saturated rings. The Balaban J connectivity index is 1.50. The van der Waals surface area contributed by atoms with Crippen molar-refractivity contribution in [1.82, 2.24) is 0 Å². The zero-order valence-corrected chi connectivity index (χ0v) is 13.9. The summed E-state index contributed by atoms with van der Waals surface area (Å²) in [6, 6.07) is 15.2. The number of carboxylic acid groups (broad SMARTS) is 1. The normalized spacial score (nSPS) is 15.9. The molecule has 1 aliphatic carbocycles. The molecule has 0 radical (unpaired) electrons. The Morgan fingerprint density at radius 1 is 1.08 bits per heavy atom. The van der Waals surface area contributed by atoms with E-state index in [-0.39, 0.29) is 12.5 Å². The fraction of sp³-hybridized carbons (Fsp3) is 0.300. The molecule has 5 nitrogen and oxygen atoms in total. The molecule has 1 atom stereocenters. The van der Waals surface area contributed by atoms with Crippen molar-refractivity contribution in [2.24, 2.45) is 5.92 Å². The van der Waals surface area contributed by atoms with E-state index < -0.39 is 5.97 Å². The standard InChI is InChI=1S/C20H21NO4/c22-19(12-14-5-6-15-3-1-2-4-16(15)11-14)21-17-7-9-18(10-8-17)25-13-20(23)24/h1-4,7-10,14H,5-6,11-13H2,(H,21,22)(H,23,24). The second kappa shape index (κ2) is 7.83. The van der Waals surface area contributed by atoms with Gasteiger partial charge in [-0.3, -0.25) is 4.79 Å². The molecular weight excluding hydrogens is 318 g/mol. The maximum Gasteiger partial charge on any atom is 0.341 e. The number of aliphatic carboxylic acids is 1. The lowest BCUT2D eigenvalue weighted by Gasteiger charge is -2.24. The Kier molecular flexibility index (Phi) is 5.33. The van der Waals surface area contributed by atoms with Crippen LogP contribution in [-0.4, -0.2) is 23.6 Å². The summed E-state index contributed by atoms with van der Waals surface area (Å²) >= 11 is 0. The molecule has 0 heterocycles. The second-order valence-corrected chi connectivity index (χ2v) is 6.34. The number of anilines is 1. The summed E-state index contributed by atoms with van der Waals surface area (Å²) < 4.78 is 5.07. The molecule has 2 aromatic carbocycles. The van der Waals surface area contributed by atoms with Crippen molar-refractivity contribution in [1.29, 1.82) is 0 Å². The molecule has 130 valence electrons. The Morgan fingerprint density at radius 2 is 1.80 bits per heavy atom. The molecule has 1 amide bonds. The van der Waals surface area contributed by atoms with E-state index >= 15 is 0 Å². The van der Waals surface area contributed by atoms with Crippen LogP contribution in [0.1, 0.15) is 24.0 Å². The van der Waals surface area contributed by atoms with Gasteiger partial charge in [0.05, 0.1) is 0 Å². The maximum absolute atomic E-state index is 12.3. The number of carboxylic acids is 1. The first-order chi connectivity index (χ1) is 12.1. The van der Waals surface area contributed by atoms with Gasteiger partial charge in [-0.25, -0.2) is 4.79 Å². The number of hydrogen-bond acceptors (Lipinski definition) is 3. The van der Waals surface area contributed by atoms with Gasteiger partial charge in [0.25, 0.3) is 0 Å².